The zero-order valence-corrected chi connectivity index (χ0v) is 16.9. The Morgan fingerprint density at radius 2 is 1.79 bits per heavy atom. The molecular formula is C22H24N2O5. The topological polar surface area (TPSA) is 89.8 Å². The molecule has 7 heteroatoms. The van der Waals surface area contributed by atoms with Crippen LogP contribution in [0.25, 0.3) is 6.08 Å². The van der Waals surface area contributed by atoms with Crippen molar-refractivity contribution in [2.75, 3.05) is 27.9 Å². The van der Waals surface area contributed by atoms with Gasteiger partial charge >= 0.3 is 0 Å². The van der Waals surface area contributed by atoms with E-state index in [0.717, 1.165) is 5.56 Å². The number of amides is 1. The van der Waals surface area contributed by atoms with Gasteiger partial charge in [-0.25, -0.2) is 0 Å². The van der Waals surface area contributed by atoms with Crippen LogP contribution in [0.15, 0.2) is 42.0 Å². The van der Waals surface area contributed by atoms with Gasteiger partial charge in [-0.05, 0) is 42.8 Å². The second-order valence-corrected chi connectivity index (χ2v) is 5.87. The zero-order valence-electron chi connectivity index (χ0n) is 16.9. The molecule has 0 fully saturated rings. The molecule has 0 aromatic heterocycles. The van der Waals surface area contributed by atoms with Crippen molar-refractivity contribution in [2.45, 2.75) is 13.5 Å². The molecule has 0 aliphatic heterocycles. The first-order chi connectivity index (χ1) is 14.1. The van der Waals surface area contributed by atoms with E-state index in [0.29, 0.717) is 35.2 Å². The highest BCUT2D eigenvalue weighted by molar-refractivity contribution is 6.01. The molecule has 0 aliphatic rings. The van der Waals surface area contributed by atoms with Crippen molar-refractivity contribution in [1.82, 2.24) is 5.32 Å². The summed E-state index contributed by atoms with van der Waals surface area (Å²) in [4.78, 5) is 12.5. The summed E-state index contributed by atoms with van der Waals surface area (Å²) in [7, 11) is 4.66. The fourth-order valence-electron chi connectivity index (χ4n) is 2.64. The van der Waals surface area contributed by atoms with Gasteiger partial charge in [0, 0.05) is 18.2 Å². The van der Waals surface area contributed by atoms with E-state index in [1.807, 2.05) is 13.0 Å². The number of carbonyl (C=O) groups excluding carboxylic acids is 1. The van der Waals surface area contributed by atoms with Crippen LogP contribution in [0.1, 0.15) is 18.1 Å². The molecule has 2 rings (SSSR count). The fourth-order valence-corrected chi connectivity index (χ4v) is 2.64. The van der Waals surface area contributed by atoms with Crippen molar-refractivity contribution in [1.29, 1.82) is 5.26 Å². The van der Waals surface area contributed by atoms with Gasteiger partial charge in [0.15, 0.2) is 11.5 Å². The summed E-state index contributed by atoms with van der Waals surface area (Å²) in [6.45, 7) is 2.54. The SMILES string of the molecule is CCOc1cc(/C=C(\C#N)C(=O)NCc2ccc(OC)cc2OC)ccc1OC. The van der Waals surface area contributed by atoms with Crippen LogP contribution in [-0.4, -0.2) is 33.8 Å². The van der Waals surface area contributed by atoms with Gasteiger partial charge in [0.05, 0.1) is 27.9 Å². The summed E-state index contributed by atoms with van der Waals surface area (Å²) in [6, 6.07) is 12.4. The smallest absolute Gasteiger partial charge is 0.262 e. The highest BCUT2D eigenvalue weighted by Crippen LogP contribution is 2.29. The maximum atomic E-state index is 12.5. The van der Waals surface area contributed by atoms with Crippen LogP contribution in [0.2, 0.25) is 0 Å². The van der Waals surface area contributed by atoms with Gasteiger partial charge < -0.3 is 24.3 Å². The minimum Gasteiger partial charge on any atom is -0.497 e. The molecule has 0 bridgehead atoms. The van der Waals surface area contributed by atoms with E-state index in [9.17, 15) is 10.1 Å². The first-order valence-electron chi connectivity index (χ1n) is 8.98. The summed E-state index contributed by atoms with van der Waals surface area (Å²) in [5.41, 5.74) is 1.40. The molecule has 0 aliphatic carbocycles. The number of hydrogen-bond acceptors (Lipinski definition) is 6. The van der Waals surface area contributed by atoms with Crippen molar-refractivity contribution < 1.29 is 23.7 Å². The summed E-state index contributed by atoms with van der Waals surface area (Å²) in [5.74, 6) is 1.88. The molecule has 0 saturated carbocycles. The molecule has 152 valence electrons. The van der Waals surface area contributed by atoms with Crippen LogP contribution < -0.4 is 24.3 Å². The van der Waals surface area contributed by atoms with E-state index in [2.05, 4.69) is 5.32 Å². The Labute approximate surface area is 170 Å². The Morgan fingerprint density at radius 1 is 1.03 bits per heavy atom. The first kappa shape index (κ1) is 21.6. The maximum absolute atomic E-state index is 12.5. The van der Waals surface area contributed by atoms with Crippen LogP contribution in [0.3, 0.4) is 0 Å². The lowest BCUT2D eigenvalue weighted by Gasteiger charge is -2.11. The summed E-state index contributed by atoms with van der Waals surface area (Å²) in [6.07, 6.45) is 1.50. The third-order valence-corrected chi connectivity index (χ3v) is 4.10. The monoisotopic (exact) mass is 396 g/mol. The summed E-state index contributed by atoms with van der Waals surface area (Å²) in [5, 5.41) is 12.2. The van der Waals surface area contributed by atoms with Crippen molar-refractivity contribution in [2.24, 2.45) is 0 Å². The number of benzene rings is 2. The van der Waals surface area contributed by atoms with E-state index in [-0.39, 0.29) is 12.1 Å². The van der Waals surface area contributed by atoms with Crippen LogP contribution in [0, 0.1) is 11.3 Å². The van der Waals surface area contributed by atoms with E-state index in [1.54, 1.807) is 57.7 Å². The van der Waals surface area contributed by atoms with Gasteiger partial charge in [-0.3, -0.25) is 4.79 Å². The standard InChI is InChI=1S/C22H24N2O5/c1-5-29-21-11-15(6-9-19(21)27-3)10-17(13-23)22(25)24-14-16-7-8-18(26-2)12-20(16)28-4/h6-12H,5,14H2,1-4H3,(H,24,25)/b17-10+. The summed E-state index contributed by atoms with van der Waals surface area (Å²) < 4.78 is 21.3. The molecule has 0 spiro atoms. The number of nitrogens with zero attached hydrogens (tertiary/aromatic N) is 1. The number of nitrogens with one attached hydrogen (secondary N) is 1. The first-order valence-corrected chi connectivity index (χ1v) is 8.98. The number of carbonyl (C=O) groups is 1. The second kappa shape index (κ2) is 10.6. The van der Waals surface area contributed by atoms with Gasteiger partial charge in [-0.1, -0.05) is 6.07 Å². The predicted molar refractivity (Wildman–Crippen MR) is 109 cm³/mol. The maximum Gasteiger partial charge on any atom is 0.262 e. The average Bonchev–Trinajstić information content (AvgIpc) is 2.76. The zero-order chi connectivity index (χ0) is 21.2. The minimum absolute atomic E-state index is 0.0231. The van der Waals surface area contributed by atoms with Gasteiger partial charge in [0.1, 0.15) is 23.1 Å². The fraction of sp³-hybridized carbons (Fsp3) is 0.273. The molecule has 29 heavy (non-hydrogen) atoms. The Balaban J connectivity index is 2.17. The number of ether oxygens (including phenoxy) is 4. The normalized spacial score (nSPS) is 10.7. The van der Waals surface area contributed by atoms with Crippen molar-refractivity contribution >= 4 is 12.0 Å². The highest BCUT2D eigenvalue weighted by Gasteiger charge is 2.12. The van der Waals surface area contributed by atoms with Crippen molar-refractivity contribution in [3.8, 4) is 29.1 Å². The highest BCUT2D eigenvalue weighted by atomic mass is 16.5. The van der Waals surface area contributed by atoms with Gasteiger partial charge in [0.25, 0.3) is 5.91 Å². The van der Waals surface area contributed by atoms with E-state index >= 15 is 0 Å². The minimum atomic E-state index is -0.487. The van der Waals surface area contributed by atoms with Gasteiger partial charge in [-0.2, -0.15) is 5.26 Å². The predicted octanol–water partition coefficient (Wildman–Crippen LogP) is 3.33. The molecule has 7 nitrogen and oxygen atoms in total. The van der Waals surface area contributed by atoms with E-state index in [4.69, 9.17) is 18.9 Å². The molecule has 0 radical (unpaired) electrons. The molecule has 2 aromatic carbocycles. The Hall–Kier alpha value is -3.66. The lowest BCUT2D eigenvalue weighted by Crippen LogP contribution is -2.24. The third-order valence-electron chi connectivity index (χ3n) is 4.10. The van der Waals surface area contributed by atoms with Gasteiger partial charge in [-0.15, -0.1) is 0 Å². The number of hydrogen-bond donors (Lipinski definition) is 1. The van der Waals surface area contributed by atoms with Crippen molar-refractivity contribution in [3.63, 3.8) is 0 Å². The largest absolute Gasteiger partial charge is 0.497 e. The van der Waals surface area contributed by atoms with E-state index < -0.39 is 5.91 Å². The van der Waals surface area contributed by atoms with Crippen LogP contribution in [-0.2, 0) is 11.3 Å². The van der Waals surface area contributed by atoms with Crippen LogP contribution in [0.4, 0.5) is 0 Å². The number of methoxy groups -OCH3 is 3. The summed E-state index contributed by atoms with van der Waals surface area (Å²) >= 11 is 0. The molecule has 0 unspecified atom stereocenters. The number of nitriles is 1. The third kappa shape index (κ3) is 5.66. The molecule has 0 atom stereocenters. The van der Waals surface area contributed by atoms with E-state index in [1.165, 1.54) is 6.08 Å². The van der Waals surface area contributed by atoms with Gasteiger partial charge in [0.2, 0.25) is 0 Å². The Kier molecular flexibility index (Phi) is 7.92. The lowest BCUT2D eigenvalue weighted by atomic mass is 10.1. The Morgan fingerprint density at radius 3 is 2.41 bits per heavy atom. The second-order valence-electron chi connectivity index (χ2n) is 5.87. The van der Waals surface area contributed by atoms with Crippen molar-refractivity contribution in [3.05, 3.63) is 53.1 Å². The molecule has 0 saturated heterocycles. The molecule has 1 amide bonds. The molecule has 0 heterocycles. The average molecular weight is 396 g/mol. The quantitative estimate of drug-likeness (QED) is 0.517. The molecular weight excluding hydrogens is 372 g/mol. The lowest BCUT2D eigenvalue weighted by molar-refractivity contribution is -0.117. The van der Waals surface area contributed by atoms with Crippen LogP contribution >= 0.6 is 0 Å². The molecule has 2 aromatic rings. The van der Waals surface area contributed by atoms with Crippen LogP contribution in [0.5, 0.6) is 23.0 Å². The Bertz CT molecular complexity index is 931. The number of rotatable bonds is 9. The molecule has 1 N–H and O–H groups in total.